The number of hydrogen-bond donors (Lipinski definition) is 0. The zero-order valence-corrected chi connectivity index (χ0v) is 15.1. The van der Waals surface area contributed by atoms with Crippen LogP contribution in [0.5, 0.6) is 5.75 Å². The van der Waals surface area contributed by atoms with E-state index in [1.807, 2.05) is 43.0 Å². The van der Waals surface area contributed by atoms with E-state index in [4.69, 9.17) is 9.47 Å². The number of benzene rings is 1. The Balaban J connectivity index is 1.53. The number of carbonyl (C=O) groups is 2. The van der Waals surface area contributed by atoms with E-state index in [9.17, 15) is 9.59 Å². The van der Waals surface area contributed by atoms with Crippen LogP contribution in [0.15, 0.2) is 24.3 Å². The van der Waals surface area contributed by atoms with Gasteiger partial charge in [-0.1, -0.05) is 26.0 Å². The molecule has 1 aromatic carbocycles. The monoisotopic (exact) mass is 346 g/mol. The number of nitrogens with zero attached hydrogens (tertiary/aromatic N) is 2. The fourth-order valence-corrected chi connectivity index (χ4v) is 3.55. The van der Waals surface area contributed by atoms with Crippen molar-refractivity contribution in [1.29, 1.82) is 0 Å². The minimum Gasteiger partial charge on any atom is -0.497 e. The van der Waals surface area contributed by atoms with Crippen molar-refractivity contribution in [3.63, 3.8) is 0 Å². The summed E-state index contributed by atoms with van der Waals surface area (Å²) in [6, 6.07) is 7.97. The molecule has 0 spiro atoms. The molecule has 6 heteroatoms. The number of amides is 2. The molecule has 1 aromatic rings. The van der Waals surface area contributed by atoms with Gasteiger partial charge < -0.3 is 14.4 Å². The molecule has 3 rings (SSSR count). The van der Waals surface area contributed by atoms with Crippen LogP contribution in [0, 0.1) is 5.92 Å². The van der Waals surface area contributed by atoms with Gasteiger partial charge in [-0.2, -0.15) is 0 Å². The van der Waals surface area contributed by atoms with Crippen LogP contribution in [0.25, 0.3) is 0 Å². The summed E-state index contributed by atoms with van der Waals surface area (Å²) >= 11 is 0. The Hall–Kier alpha value is -2.24. The van der Waals surface area contributed by atoms with Crippen molar-refractivity contribution in [2.75, 3.05) is 26.7 Å². The number of rotatable bonds is 6. The topological polar surface area (TPSA) is 59.1 Å². The fourth-order valence-electron chi connectivity index (χ4n) is 3.55. The summed E-state index contributed by atoms with van der Waals surface area (Å²) < 4.78 is 10.6. The van der Waals surface area contributed by atoms with E-state index in [2.05, 4.69) is 0 Å². The van der Waals surface area contributed by atoms with Gasteiger partial charge in [-0.25, -0.2) is 4.79 Å². The molecule has 0 aromatic heterocycles. The second kappa shape index (κ2) is 7.33. The molecule has 0 unspecified atom stereocenters. The van der Waals surface area contributed by atoms with E-state index in [0.29, 0.717) is 19.6 Å². The van der Waals surface area contributed by atoms with Gasteiger partial charge >= 0.3 is 6.09 Å². The second-order valence-corrected chi connectivity index (χ2v) is 7.03. The highest BCUT2D eigenvalue weighted by molar-refractivity contribution is 5.79. The average Bonchev–Trinajstić information content (AvgIpc) is 3.13. The Labute approximate surface area is 148 Å². The van der Waals surface area contributed by atoms with Crippen LogP contribution in [0.2, 0.25) is 0 Å². The summed E-state index contributed by atoms with van der Waals surface area (Å²) in [6.07, 6.45) is 1.32. The van der Waals surface area contributed by atoms with Crippen LogP contribution in [0.1, 0.15) is 25.8 Å². The van der Waals surface area contributed by atoms with Crippen LogP contribution >= 0.6 is 0 Å². The molecule has 2 aliphatic rings. The number of ether oxygens (including phenoxy) is 2. The Bertz CT molecular complexity index is 629. The smallest absolute Gasteiger partial charge is 0.410 e. The summed E-state index contributed by atoms with van der Waals surface area (Å²) in [5.74, 6) is 0.942. The molecule has 0 N–H and O–H groups in total. The molecule has 2 amide bonds. The van der Waals surface area contributed by atoms with Gasteiger partial charge in [0.15, 0.2) is 0 Å². The van der Waals surface area contributed by atoms with Gasteiger partial charge in [-0.3, -0.25) is 9.69 Å². The van der Waals surface area contributed by atoms with Gasteiger partial charge in [-0.15, -0.1) is 0 Å². The van der Waals surface area contributed by atoms with Crippen molar-refractivity contribution in [3.05, 3.63) is 29.8 Å². The molecular weight excluding hydrogens is 320 g/mol. The number of methoxy groups -OCH3 is 1. The molecule has 2 atom stereocenters. The highest BCUT2D eigenvalue weighted by Crippen LogP contribution is 2.28. The predicted molar refractivity (Wildman–Crippen MR) is 93.5 cm³/mol. The van der Waals surface area contributed by atoms with E-state index < -0.39 is 0 Å². The molecule has 2 fully saturated rings. The van der Waals surface area contributed by atoms with Crippen molar-refractivity contribution in [1.82, 2.24) is 9.80 Å². The molecular formula is C19H26N2O4. The fraction of sp³-hybridized carbons (Fsp3) is 0.579. The maximum absolute atomic E-state index is 12.2. The largest absolute Gasteiger partial charge is 0.497 e. The lowest BCUT2D eigenvalue weighted by Crippen LogP contribution is -2.40. The number of fused-ring (bicyclic) bond motifs is 1. The summed E-state index contributed by atoms with van der Waals surface area (Å²) in [7, 11) is 1.65. The number of likely N-dealkylation sites (tertiary alicyclic amines) is 1. The van der Waals surface area contributed by atoms with Gasteiger partial charge in [0.25, 0.3) is 0 Å². The van der Waals surface area contributed by atoms with E-state index in [-0.39, 0.29) is 30.1 Å². The van der Waals surface area contributed by atoms with Crippen molar-refractivity contribution < 1.29 is 19.1 Å². The normalized spacial score (nSPS) is 22.3. The quantitative estimate of drug-likeness (QED) is 0.793. The maximum Gasteiger partial charge on any atom is 0.410 e. The lowest BCUT2D eigenvalue weighted by Gasteiger charge is -2.23. The lowest BCUT2D eigenvalue weighted by molar-refractivity contribution is -0.134. The zero-order valence-electron chi connectivity index (χ0n) is 15.1. The molecule has 2 saturated heterocycles. The van der Waals surface area contributed by atoms with Crippen LogP contribution < -0.4 is 4.74 Å². The van der Waals surface area contributed by atoms with Gasteiger partial charge in [0.05, 0.1) is 19.7 Å². The molecule has 0 bridgehead atoms. The maximum atomic E-state index is 12.2. The third kappa shape index (κ3) is 3.72. The summed E-state index contributed by atoms with van der Waals surface area (Å²) in [4.78, 5) is 27.9. The predicted octanol–water partition coefficient (Wildman–Crippen LogP) is 2.32. The molecule has 2 heterocycles. The van der Waals surface area contributed by atoms with Crippen LogP contribution in [-0.4, -0.2) is 60.7 Å². The highest BCUT2D eigenvalue weighted by Gasteiger charge is 2.48. The minimum atomic E-state index is -0.249. The zero-order chi connectivity index (χ0) is 18.0. The van der Waals surface area contributed by atoms with Crippen LogP contribution in [0.4, 0.5) is 4.79 Å². The Morgan fingerprint density at radius 2 is 2.00 bits per heavy atom. The first-order valence-electron chi connectivity index (χ1n) is 8.88. The first-order chi connectivity index (χ1) is 12.0. The average molecular weight is 346 g/mol. The number of carbonyl (C=O) groups excluding carboxylic acids is 2. The summed E-state index contributed by atoms with van der Waals surface area (Å²) in [6.45, 7) is 5.54. The van der Waals surface area contributed by atoms with E-state index >= 15 is 0 Å². The molecule has 6 nitrogen and oxygen atoms in total. The SMILES string of the molecule is COc1ccc(CCCN2C(=O)O[C@@H]3CN(C(=O)C(C)C)C[C@@H]32)cc1. The van der Waals surface area contributed by atoms with Gasteiger partial charge in [-0.05, 0) is 30.5 Å². The molecule has 0 radical (unpaired) electrons. The number of hydrogen-bond acceptors (Lipinski definition) is 4. The van der Waals surface area contributed by atoms with Crippen LogP contribution in [0.3, 0.4) is 0 Å². The van der Waals surface area contributed by atoms with Crippen molar-refractivity contribution in [3.8, 4) is 5.75 Å². The minimum absolute atomic E-state index is 0.00827. The van der Waals surface area contributed by atoms with E-state index in [1.54, 1.807) is 12.0 Å². The highest BCUT2D eigenvalue weighted by atomic mass is 16.6. The molecule has 136 valence electrons. The summed E-state index contributed by atoms with van der Waals surface area (Å²) in [5.41, 5.74) is 1.22. The third-order valence-electron chi connectivity index (χ3n) is 4.95. The first kappa shape index (κ1) is 17.6. The van der Waals surface area contributed by atoms with Crippen LogP contribution in [-0.2, 0) is 16.0 Å². The Morgan fingerprint density at radius 1 is 1.28 bits per heavy atom. The number of aryl methyl sites for hydroxylation is 1. The molecule has 0 saturated carbocycles. The Kier molecular flexibility index (Phi) is 5.16. The lowest BCUT2D eigenvalue weighted by atomic mass is 10.1. The molecule has 2 aliphatic heterocycles. The van der Waals surface area contributed by atoms with Crippen molar-refractivity contribution in [2.45, 2.75) is 38.8 Å². The second-order valence-electron chi connectivity index (χ2n) is 7.03. The summed E-state index contributed by atoms with van der Waals surface area (Å²) in [5, 5.41) is 0. The molecule has 0 aliphatic carbocycles. The third-order valence-corrected chi connectivity index (χ3v) is 4.95. The van der Waals surface area contributed by atoms with Gasteiger partial charge in [0, 0.05) is 19.0 Å². The van der Waals surface area contributed by atoms with E-state index in [1.165, 1.54) is 5.56 Å². The first-order valence-corrected chi connectivity index (χ1v) is 8.88. The molecule has 25 heavy (non-hydrogen) atoms. The van der Waals surface area contributed by atoms with Crippen molar-refractivity contribution >= 4 is 12.0 Å². The van der Waals surface area contributed by atoms with Gasteiger partial charge in [0.1, 0.15) is 11.9 Å². The van der Waals surface area contributed by atoms with Crippen molar-refractivity contribution in [2.24, 2.45) is 5.92 Å². The Morgan fingerprint density at radius 3 is 2.64 bits per heavy atom. The van der Waals surface area contributed by atoms with E-state index in [0.717, 1.165) is 18.6 Å². The standard InChI is InChI=1S/C19H26N2O4/c1-13(2)18(22)20-11-16-17(12-20)25-19(23)21(16)10-4-5-14-6-8-15(24-3)9-7-14/h6-9,13,16-17H,4-5,10-12H2,1-3H3/t16-,17+/m0/s1. The van der Waals surface area contributed by atoms with Gasteiger partial charge in [0.2, 0.25) is 5.91 Å².